The molecule has 0 amide bonds. The molecular weight excluding hydrogens is 889 g/mol. The molecule has 8 heteroatoms. The average Bonchev–Trinajstić information content (AvgIpc) is 3.33. The van der Waals surface area contributed by atoms with Crippen molar-refractivity contribution in [2.24, 2.45) is 0 Å². The third kappa shape index (κ3) is 7.84. The van der Waals surface area contributed by atoms with Crippen molar-refractivity contribution in [3.05, 3.63) is 225 Å². The lowest BCUT2D eigenvalue weighted by Crippen LogP contribution is -2.64. The van der Waals surface area contributed by atoms with E-state index in [2.05, 4.69) is 209 Å². The quantitative estimate of drug-likeness (QED) is 0.165. The first kappa shape index (κ1) is 46.5. The van der Waals surface area contributed by atoms with Gasteiger partial charge in [0.15, 0.2) is 59.0 Å². The highest BCUT2D eigenvalue weighted by Crippen LogP contribution is 2.46. The fourth-order valence-corrected chi connectivity index (χ4v) is 11.9. The highest BCUT2D eigenvalue weighted by Gasteiger charge is 2.69. The maximum absolute atomic E-state index is 7.15. The number of para-hydroxylation sites is 2. The summed E-state index contributed by atoms with van der Waals surface area (Å²) in [7, 11) is 0. The first-order valence-electron chi connectivity index (χ1n) is 25.3. The van der Waals surface area contributed by atoms with Gasteiger partial charge < -0.3 is 18.9 Å². The van der Waals surface area contributed by atoms with E-state index in [1.165, 1.54) is 44.5 Å². The van der Waals surface area contributed by atoms with Gasteiger partial charge >= 0.3 is 12.1 Å². The Hall–Kier alpha value is -7.84. The molecule has 6 aliphatic heterocycles. The molecular formula is C64H64N4O4+4. The van der Waals surface area contributed by atoms with Gasteiger partial charge in [-0.3, -0.25) is 0 Å². The fourth-order valence-electron chi connectivity index (χ4n) is 11.9. The molecule has 8 nitrogen and oxygen atoms in total. The third-order valence-electron chi connectivity index (χ3n) is 14.7. The van der Waals surface area contributed by atoms with Crippen LogP contribution in [0.2, 0.25) is 0 Å². The average molecular weight is 953 g/mol. The van der Waals surface area contributed by atoms with E-state index in [0.29, 0.717) is 0 Å². The Kier molecular flexibility index (Phi) is 11.7. The number of ether oxygens (including phenoxy) is 4. The van der Waals surface area contributed by atoms with E-state index in [1.807, 2.05) is 36.4 Å². The summed E-state index contributed by atoms with van der Waals surface area (Å²) in [5.74, 6) is 3.34. The van der Waals surface area contributed by atoms with Gasteiger partial charge in [-0.2, -0.15) is 0 Å². The van der Waals surface area contributed by atoms with Gasteiger partial charge in [0.05, 0.1) is 6.42 Å². The lowest BCUT2D eigenvalue weighted by Gasteiger charge is -2.36. The minimum absolute atomic E-state index is 0.781. The van der Waals surface area contributed by atoms with Crippen LogP contribution in [-0.4, -0.2) is 66.3 Å². The number of hydrogen-bond acceptors (Lipinski definition) is 4. The van der Waals surface area contributed by atoms with Gasteiger partial charge in [0.25, 0.3) is 0 Å². The van der Waals surface area contributed by atoms with Gasteiger partial charge in [-0.1, -0.05) is 139 Å². The molecule has 0 saturated carbocycles. The monoisotopic (exact) mass is 952 g/mol. The number of allylic oxidation sites excluding steroid dienone is 4. The molecule has 0 aromatic heterocycles. The predicted molar refractivity (Wildman–Crippen MR) is 289 cm³/mol. The summed E-state index contributed by atoms with van der Waals surface area (Å²) < 4.78 is 37.1. The van der Waals surface area contributed by atoms with Gasteiger partial charge in [0.2, 0.25) is 11.4 Å². The molecule has 6 aromatic carbocycles. The lowest BCUT2D eigenvalue weighted by atomic mass is 9.93. The molecule has 0 unspecified atom stereocenters. The van der Waals surface area contributed by atoms with Crippen LogP contribution < -0.4 is 0 Å². The molecule has 0 N–H and O–H groups in total. The minimum atomic E-state index is -1.33. The van der Waals surface area contributed by atoms with Crippen LogP contribution in [-0.2, 0) is 25.4 Å². The van der Waals surface area contributed by atoms with Gasteiger partial charge in [0, 0.05) is 98.5 Å². The standard InChI is InChI=1S/C34H28N2O2.C30H36N2O2/c1-24-21-32-30-19-11-9-13-26(30)23-27-14-10-12-20-31(27)33-22-25(2)36(29-17-7-4-8-18-29)34(37-32,38-33)35(24)28-15-5-3-6-16-28;1-18-12-20(3)28(21(4)13-18)26-16-24(7)31-10-9-11-32-25(8)17-27(34-30(31,32)33-26)29-22(5)14-19(2)15-23(29)6/h3-22H,23H2,1-2H3;12-17H,9-11H2,1-8H3/q2*+2. The van der Waals surface area contributed by atoms with E-state index in [0.717, 1.165) is 105 Å². The van der Waals surface area contributed by atoms with E-state index < -0.39 is 12.1 Å². The predicted octanol–water partition coefficient (Wildman–Crippen LogP) is 13.2. The smallest absolute Gasteiger partial charge is 0.341 e. The number of aryl methyl sites for hydroxylation is 6. The van der Waals surface area contributed by atoms with E-state index >= 15 is 0 Å². The van der Waals surface area contributed by atoms with Gasteiger partial charge in [-0.25, -0.2) is 0 Å². The van der Waals surface area contributed by atoms with Crippen molar-refractivity contribution in [2.75, 3.05) is 13.1 Å². The Balaban J connectivity index is 0.000000157. The van der Waals surface area contributed by atoms with Crippen molar-refractivity contribution in [1.29, 1.82) is 0 Å². The van der Waals surface area contributed by atoms with Crippen molar-refractivity contribution in [3.63, 3.8) is 0 Å². The summed E-state index contributed by atoms with van der Waals surface area (Å²) in [6.07, 6.45) is 10.5. The molecule has 0 atom stereocenters. The van der Waals surface area contributed by atoms with Gasteiger partial charge in [0.1, 0.15) is 0 Å². The minimum Gasteiger partial charge on any atom is -0.341 e. The van der Waals surface area contributed by atoms with E-state index in [4.69, 9.17) is 18.9 Å². The second kappa shape index (κ2) is 18.1. The first-order chi connectivity index (χ1) is 34.7. The summed E-state index contributed by atoms with van der Waals surface area (Å²) in [6, 6.07) is 44.2. The van der Waals surface area contributed by atoms with Crippen molar-refractivity contribution in [3.8, 4) is 0 Å². The maximum Gasteiger partial charge on any atom is 0.715 e. The lowest BCUT2D eigenvalue weighted by molar-refractivity contribution is -0.935. The zero-order valence-electron chi connectivity index (χ0n) is 43.3. The highest BCUT2D eigenvalue weighted by molar-refractivity contribution is 5.99. The number of hydrogen-bond donors (Lipinski definition) is 0. The van der Waals surface area contributed by atoms with Crippen LogP contribution in [0, 0.1) is 41.5 Å². The molecule has 0 aliphatic carbocycles. The van der Waals surface area contributed by atoms with E-state index in [1.54, 1.807) is 0 Å². The summed E-state index contributed by atoms with van der Waals surface area (Å²) in [6.45, 7) is 23.3. The fraction of sp³-hybridized carbons (Fsp3) is 0.250. The summed E-state index contributed by atoms with van der Waals surface area (Å²) in [5, 5.41) is 0. The number of nitrogens with zero attached hydrogens (tertiary/aromatic N) is 4. The summed E-state index contributed by atoms with van der Waals surface area (Å²) >= 11 is 0. The topological polar surface area (TPSA) is 49.0 Å². The zero-order valence-corrected chi connectivity index (χ0v) is 43.3. The molecule has 2 spiro atoms. The highest BCUT2D eigenvalue weighted by atomic mass is 16.8. The molecule has 6 aliphatic rings. The number of rotatable bonds is 4. The van der Waals surface area contributed by atoms with Crippen LogP contribution in [0.5, 0.6) is 0 Å². The van der Waals surface area contributed by atoms with Crippen LogP contribution in [0.1, 0.15) is 101 Å². The molecule has 0 radical (unpaired) electrons. The molecule has 72 heavy (non-hydrogen) atoms. The molecule has 12 rings (SSSR count). The summed E-state index contributed by atoms with van der Waals surface area (Å²) in [4.78, 5) is 0. The number of benzene rings is 6. The molecule has 1 fully saturated rings. The van der Waals surface area contributed by atoms with Crippen LogP contribution in [0.4, 0.5) is 11.4 Å². The SMILES string of the molecule is CC1=[N+](c2ccccc2)C23OC(=C1)c1ccccc1Cc1ccccc1C(=CC(C)=[N+]2c1ccccc1)O3.CC1=[N+]2CCC[N+]3=C(C)C=C(c4c(C)cc(C)cc4C)OC23OC(c2c(C)cc(C)cc2C)=C1. The molecule has 6 aromatic rings. The Labute approximate surface area is 424 Å². The van der Waals surface area contributed by atoms with Gasteiger partial charge in [-0.05, 0) is 81.3 Å². The van der Waals surface area contributed by atoms with Crippen LogP contribution in [0.3, 0.4) is 0 Å². The second-order valence-corrected chi connectivity index (χ2v) is 20.1. The number of fused-ring (bicyclic) bond motifs is 6. The Morgan fingerprint density at radius 3 is 1.12 bits per heavy atom. The second-order valence-electron chi connectivity index (χ2n) is 20.1. The van der Waals surface area contributed by atoms with Crippen LogP contribution in [0.25, 0.3) is 23.0 Å². The Morgan fingerprint density at radius 2 is 0.722 bits per heavy atom. The van der Waals surface area contributed by atoms with Gasteiger partial charge in [-0.15, -0.1) is 0 Å². The molecule has 360 valence electrons. The maximum atomic E-state index is 7.15. The van der Waals surface area contributed by atoms with Crippen molar-refractivity contribution in [1.82, 2.24) is 0 Å². The van der Waals surface area contributed by atoms with Crippen LogP contribution >= 0.6 is 0 Å². The van der Waals surface area contributed by atoms with Crippen molar-refractivity contribution >= 4 is 57.3 Å². The van der Waals surface area contributed by atoms with E-state index in [9.17, 15) is 0 Å². The van der Waals surface area contributed by atoms with Crippen molar-refractivity contribution in [2.45, 2.75) is 94.1 Å². The summed E-state index contributed by atoms with van der Waals surface area (Å²) in [5.41, 5.74) is 20.7. The Morgan fingerprint density at radius 1 is 0.375 bits per heavy atom. The largest absolute Gasteiger partial charge is 0.715 e. The third-order valence-corrected chi connectivity index (χ3v) is 14.7. The van der Waals surface area contributed by atoms with Crippen LogP contribution in [0.15, 0.2) is 158 Å². The van der Waals surface area contributed by atoms with E-state index in [-0.39, 0.29) is 0 Å². The Bertz CT molecular complexity index is 3230. The molecule has 1 saturated heterocycles. The normalized spacial score (nSPS) is 18.1. The first-order valence-corrected chi connectivity index (χ1v) is 25.3. The zero-order chi connectivity index (χ0) is 50.1. The molecule has 6 heterocycles. The molecule has 3 bridgehead atoms. The van der Waals surface area contributed by atoms with Crippen molar-refractivity contribution < 1.29 is 37.2 Å².